The third kappa shape index (κ3) is 4.28. The summed E-state index contributed by atoms with van der Waals surface area (Å²) >= 11 is 5.84. The molecule has 0 aliphatic rings. The Morgan fingerprint density at radius 3 is 2.59 bits per heavy atom. The number of Topliss-reactive ketones (excluding diaryl/α,β-unsaturated/α-hetero) is 1. The summed E-state index contributed by atoms with van der Waals surface area (Å²) < 4.78 is 28.0. The Labute approximate surface area is 159 Å². The van der Waals surface area contributed by atoms with Gasteiger partial charge >= 0.3 is 0 Å². The highest BCUT2D eigenvalue weighted by Gasteiger charge is 2.13. The maximum absolute atomic E-state index is 13.5. The summed E-state index contributed by atoms with van der Waals surface area (Å²) in [6.07, 6.45) is 3.44. The molecule has 0 fully saturated rings. The van der Waals surface area contributed by atoms with Gasteiger partial charge in [0.05, 0.1) is 11.4 Å². The summed E-state index contributed by atoms with van der Waals surface area (Å²) in [5, 5.41) is -0.246. The Hall–Kier alpha value is -2.86. The van der Waals surface area contributed by atoms with Crippen LogP contribution in [0.1, 0.15) is 27.2 Å². The van der Waals surface area contributed by atoms with Gasteiger partial charge in [-0.25, -0.2) is 8.78 Å². The van der Waals surface area contributed by atoms with Gasteiger partial charge in [-0.1, -0.05) is 23.7 Å². The summed E-state index contributed by atoms with van der Waals surface area (Å²) in [4.78, 5) is 28.0. The van der Waals surface area contributed by atoms with Crippen LogP contribution in [0.5, 0.6) is 0 Å². The highest BCUT2D eigenvalue weighted by atomic mass is 35.5. The van der Waals surface area contributed by atoms with Crippen molar-refractivity contribution < 1.29 is 13.6 Å². The van der Waals surface area contributed by atoms with E-state index in [1.165, 1.54) is 29.0 Å². The molecule has 4 nitrogen and oxygen atoms in total. The number of nitrogens with zero attached hydrogens (tertiary/aromatic N) is 2. The summed E-state index contributed by atoms with van der Waals surface area (Å²) in [7, 11) is 1.58. The molecule has 1 aromatic carbocycles. The quantitative estimate of drug-likeness (QED) is 0.494. The number of hydrogen-bond acceptors (Lipinski definition) is 3. The van der Waals surface area contributed by atoms with Gasteiger partial charge in [-0.3, -0.25) is 14.6 Å². The minimum atomic E-state index is -1.07. The van der Waals surface area contributed by atoms with Crippen LogP contribution in [0, 0.1) is 11.6 Å². The summed E-state index contributed by atoms with van der Waals surface area (Å²) in [6, 6.07) is 8.75. The standard InChI is InChI=1S/C20H15ClF2N2O2/c1-25-11-14(4-7-18(25)27)17(26)9-15-5-2-12(10-24-15)8-13-3-6-16(22)20(23)19(13)21/h2-7,10-11H,8-9H2,1H3. The number of aryl methyl sites for hydroxylation is 1. The van der Waals surface area contributed by atoms with Gasteiger partial charge in [0.25, 0.3) is 0 Å². The lowest BCUT2D eigenvalue weighted by molar-refractivity contribution is 0.0991. The molecule has 7 heteroatoms. The first-order valence-corrected chi connectivity index (χ1v) is 8.49. The molecule has 0 radical (unpaired) electrons. The van der Waals surface area contributed by atoms with Crippen molar-refractivity contribution in [1.29, 1.82) is 0 Å². The first-order valence-electron chi connectivity index (χ1n) is 8.11. The number of pyridine rings is 2. The molecule has 0 amide bonds. The minimum Gasteiger partial charge on any atom is -0.318 e. The van der Waals surface area contributed by atoms with E-state index in [0.29, 0.717) is 16.8 Å². The summed E-state index contributed by atoms with van der Waals surface area (Å²) in [5.74, 6) is -2.22. The van der Waals surface area contributed by atoms with Crippen molar-refractivity contribution in [2.45, 2.75) is 12.8 Å². The minimum absolute atomic E-state index is 0.0877. The molecule has 3 rings (SSSR count). The number of halogens is 3. The van der Waals surface area contributed by atoms with Crippen LogP contribution in [0.25, 0.3) is 0 Å². The van der Waals surface area contributed by atoms with Gasteiger partial charge in [0.15, 0.2) is 17.4 Å². The number of ketones is 1. The largest absolute Gasteiger partial charge is 0.318 e. The van der Waals surface area contributed by atoms with Crippen molar-refractivity contribution in [3.05, 3.63) is 98.2 Å². The second-order valence-electron chi connectivity index (χ2n) is 6.14. The van der Waals surface area contributed by atoms with Crippen LogP contribution in [-0.2, 0) is 19.9 Å². The average molecular weight is 389 g/mol. The second-order valence-corrected chi connectivity index (χ2v) is 6.51. The van der Waals surface area contributed by atoms with E-state index in [0.717, 1.165) is 11.6 Å². The van der Waals surface area contributed by atoms with Gasteiger partial charge in [-0.15, -0.1) is 0 Å². The Morgan fingerprint density at radius 1 is 1.15 bits per heavy atom. The fourth-order valence-corrected chi connectivity index (χ4v) is 2.83. The zero-order valence-electron chi connectivity index (χ0n) is 14.4. The van der Waals surface area contributed by atoms with Crippen LogP contribution >= 0.6 is 11.6 Å². The zero-order valence-corrected chi connectivity index (χ0v) is 15.1. The Kier molecular flexibility index (Phi) is 5.46. The van der Waals surface area contributed by atoms with E-state index in [1.807, 2.05) is 0 Å². The Balaban J connectivity index is 1.72. The van der Waals surface area contributed by atoms with Crippen molar-refractivity contribution >= 4 is 17.4 Å². The molecule has 0 N–H and O–H groups in total. The first kappa shape index (κ1) is 18.9. The van der Waals surface area contributed by atoms with Crippen LogP contribution in [0.2, 0.25) is 5.02 Å². The first-order chi connectivity index (χ1) is 12.8. The molecular formula is C20H15ClF2N2O2. The van der Waals surface area contributed by atoms with E-state index >= 15 is 0 Å². The van der Waals surface area contributed by atoms with Gasteiger partial charge in [0.1, 0.15) is 0 Å². The van der Waals surface area contributed by atoms with E-state index in [-0.39, 0.29) is 29.2 Å². The van der Waals surface area contributed by atoms with Crippen molar-refractivity contribution in [3.63, 3.8) is 0 Å². The molecule has 2 aromatic heterocycles. The molecule has 0 unspecified atom stereocenters. The molecule has 0 saturated carbocycles. The smallest absolute Gasteiger partial charge is 0.250 e. The van der Waals surface area contributed by atoms with Crippen molar-refractivity contribution in [2.24, 2.45) is 7.05 Å². The number of rotatable bonds is 5. The van der Waals surface area contributed by atoms with Crippen LogP contribution in [0.15, 0.2) is 53.6 Å². The predicted molar refractivity (Wildman–Crippen MR) is 98.1 cm³/mol. The van der Waals surface area contributed by atoms with E-state index in [2.05, 4.69) is 4.98 Å². The molecule has 0 aliphatic heterocycles. The topological polar surface area (TPSA) is 52.0 Å². The lowest BCUT2D eigenvalue weighted by Crippen LogP contribution is -2.17. The molecule has 27 heavy (non-hydrogen) atoms. The molecular weight excluding hydrogens is 374 g/mol. The maximum Gasteiger partial charge on any atom is 0.250 e. The molecule has 0 aliphatic carbocycles. The average Bonchev–Trinajstić information content (AvgIpc) is 2.66. The summed E-state index contributed by atoms with van der Waals surface area (Å²) in [5.41, 5.74) is 2.00. The van der Waals surface area contributed by atoms with Crippen molar-refractivity contribution in [1.82, 2.24) is 9.55 Å². The maximum atomic E-state index is 13.5. The molecule has 0 atom stereocenters. The molecule has 0 saturated heterocycles. The third-order valence-electron chi connectivity index (χ3n) is 4.15. The summed E-state index contributed by atoms with van der Waals surface area (Å²) in [6.45, 7) is 0. The van der Waals surface area contributed by atoms with Crippen molar-refractivity contribution in [3.8, 4) is 0 Å². The third-order valence-corrected chi connectivity index (χ3v) is 4.55. The van der Waals surface area contributed by atoms with Gasteiger partial charge in [0, 0.05) is 43.2 Å². The lowest BCUT2D eigenvalue weighted by atomic mass is 10.0. The number of benzene rings is 1. The predicted octanol–water partition coefficient (Wildman–Crippen LogP) is 3.73. The zero-order chi connectivity index (χ0) is 19.6. The van der Waals surface area contributed by atoms with Gasteiger partial charge in [-0.05, 0) is 29.3 Å². The van der Waals surface area contributed by atoms with Gasteiger partial charge < -0.3 is 4.57 Å². The molecule has 0 spiro atoms. The van der Waals surface area contributed by atoms with E-state index in [4.69, 9.17) is 11.6 Å². The fraction of sp³-hybridized carbons (Fsp3) is 0.150. The van der Waals surface area contributed by atoms with Gasteiger partial charge in [0.2, 0.25) is 5.56 Å². The second kappa shape index (κ2) is 7.80. The van der Waals surface area contributed by atoms with Crippen molar-refractivity contribution in [2.75, 3.05) is 0 Å². The van der Waals surface area contributed by atoms with E-state index < -0.39 is 11.6 Å². The number of carbonyl (C=O) groups is 1. The van der Waals surface area contributed by atoms with Crippen LogP contribution < -0.4 is 5.56 Å². The Bertz CT molecular complexity index is 1060. The highest BCUT2D eigenvalue weighted by Crippen LogP contribution is 2.24. The number of hydrogen-bond donors (Lipinski definition) is 0. The van der Waals surface area contributed by atoms with Gasteiger partial charge in [-0.2, -0.15) is 0 Å². The van der Waals surface area contributed by atoms with E-state index in [9.17, 15) is 18.4 Å². The molecule has 3 aromatic rings. The van der Waals surface area contributed by atoms with Crippen LogP contribution in [-0.4, -0.2) is 15.3 Å². The van der Waals surface area contributed by atoms with E-state index in [1.54, 1.807) is 25.4 Å². The SMILES string of the molecule is Cn1cc(C(=O)Cc2ccc(Cc3ccc(F)c(F)c3Cl)cn2)ccc1=O. The van der Waals surface area contributed by atoms with Crippen LogP contribution in [0.3, 0.4) is 0 Å². The highest BCUT2D eigenvalue weighted by molar-refractivity contribution is 6.31. The lowest BCUT2D eigenvalue weighted by Gasteiger charge is -2.07. The fourth-order valence-electron chi connectivity index (χ4n) is 2.61. The normalized spacial score (nSPS) is 10.8. The number of aromatic nitrogens is 2. The number of carbonyl (C=O) groups excluding carboxylic acids is 1. The monoisotopic (exact) mass is 388 g/mol. The molecule has 138 valence electrons. The van der Waals surface area contributed by atoms with Crippen LogP contribution in [0.4, 0.5) is 8.78 Å². The molecule has 2 heterocycles. The molecule has 0 bridgehead atoms. The Morgan fingerprint density at radius 2 is 1.93 bits per heavy atom.